The molecule has 0 atom stereocenters. The number of ether oxygens (including phenoxy) is 3. The molecular weight excluding hydrogens is 206 g/mol. The molecule has 4 nitrogen and oxygen atoms in total. The third-order valence-electron chi connectivity index (χ3n) is 1.59. The molecule has 1 heterocycles. The first-order chi connectivity index (χ1) is 6.76. The molecule has 14 heavy (non-hydrogen) atoms. The van der Waals surface area contributed by atoms with Gasteiger partial charge in [-0.25, -0.2) is 0 Å². The van der Waals surface area contributed by atoms with Gasteiger partial charge in [0, 0.05) is 26.5 Å². The van der Waals surface area contributed by atoms with Crippen molar-refractivity contribution in [3.63, 3.8) is 0 Å². The van der Waals surface area contributed by atoms with Gasteiger partial charge >= 0.3 is 0 Å². The van der Waals surface area contributed by atoms with Crippen molar-refractivity contribution in [2.45, 2.75) is 6.29 Å². The molecule has 0 N–H and O–H groups in total. The van der Waals surface area contributed by atoms with Crippen molar-refractivity contribution in [3.05, 3.63) is 23.5 Å². The molecule has 0 saturated heterocycles. The van der Waals surface area contributed by atoms with Gasteiger partial charge in [0.05, 0.1) is 11.2 Å². The Morgan fingerprint density at radius 2 is 2.07 bits per heavy atom. The van der Waals surface area contributed by atoms with E-state index >= 15 is 0 Å². The Balaban J connectivity index is 2.44. The summed E-state index contributed by atoms with van der Waals surface area (Å²) in [7, 11) is 3.10. The third-order valence-corrected chi connectivity index (χ3v) is 1.80. The standard InChI is InChI=1S/C9H12ClNO3/c1-12-9(13-2)6-14-8-3-7(10)4-11-5-8/h3-5,9H,6H2,1-2H3. The van der Waals surface area contributed by atoms with Gasteiger partial charge in [0.2, 0.25) is 0 Å². The highest BCUT2D eigenvalue weighted by Crippen LogP contribution is 2.15. The van der Waals surface area contributed by atoms with Gasteiger partial charge in [-0.3, -0.25) is 4.98 Å². The Morgan fingerprint density at radius 3 is 2.64 bits per heavy atom. The van der Waals surface area contributed by atoms with Crippen molar-refractivity contribution in [3.8, 4) is 5.75 Å². The van der Waals surface area contributed by atoms with E-state index in [9.17, 15) is 0 Å². The zero-order valence-electron chi connectivity index (χ0n) is 8.07. The molecule has 1 aromatic heterocycles. The molecular formula is C9H12ClNO3. The van der Waals surface area contributed by atoms with Crippen LogP contribution in [0.15, 0.2) is 18.5 Å². The molecule has 0 bridgehead atoms. The van der Waals surface area contributed by atoms with Crippen LogP contribution in [0, 0.1) is 0 Å². The highest BCUT2D eigenvalue weighted by Gasteiger charge is 2.05. The van der Waals surface area contributed by atoms with E-state index < -0.39 is 0 Å². The average molecular weight is 218 g/mol. The molecule has 5 heteroatoms. The molecule has 0 fully saturated rings. The van der Waals surface area contributed by atoms with Crippen molar-refractivity contribution >= 4 is 11.6 Å². The normalized spacial score (nSPS) is 10.6. The molecule has 0 aliphatic rings. The summed E-state index contributed by atoms with van der Waals surface area (Å²) in [6, 6.07) is 1.68. The average Bonchev–Trinajstić information content (AvgIpc) is 2.19. The first kappa shape index (κ1) is 11.2. The fourth-order valence-corrected chi connectivity index (χ4v) is 1.03. The van der Waals surface area contributed by atoms with Crippen molar-refractivity contribution < 1.29 is 14.2 Å². The van der Waals surface area contributed by atoms with E-state index in [0.717, 1.165) is 0 Å². The summed E-state index contributed by atoms with van der Waals surface area (Å²) in [5, 5.41) is 0.536. The fraction of sp³-hybridized carbons (Fsp3) is 0.444. The van der Waals surface area contributed by atoms with Crippen molar-refractivity contribution in [1.29, 1.82) is 0 Å². The van der Waals surface area contributed by atoms with Gasteiger partial charge in [0.15, 0.2) is 6.29 Å². The van der Waals surface area contributed by atoms with Gasteiger partial charge in [-0.2, -0.15) is 0 Å². The molecule has 0 aliphatic heterocycles. The maximum absolute atomic E-state index is 5.72. The molecule has 0 saturated carbocycles. The van der Waals surface area contributed by atoms with Crippen LogP contribution in [0.3, 0.4) is 0 Å². The lowest BCUT2D eigenvalue weighted by molar-refractivity contribution is -0.122. The topological polar surface area (TPSA) is 40.6 Å². The van der Waals surface area contributed by atoms with E-state index in [-0.39, 0.29) is 6.29 Å². The van der Waals surface area contributed by atoms with Crippen LogP contribution >= 0.6 is 11.6 Å². The number of halogens is 1. The lowest BCUT2D eigenvalue weighted by Gasteiger charge is -2.13. The van der Waals surface area contributed by atoms with Crippen LogP contribution in [0.25, 0.3) is 0 Å². The lowest BCUT2D eigenvalue weighted by atomic mass is 10.4. The molecule has 1 aromatic rings. The highest BCUT2D eigenvalue weighted by molar-refractivity contribution is 6.30. The molecule has 0 radical (unpaired) electrons. The monoisotopic (exact) mass is 217 g/mol. The summed E-state index contributed by atoms with van der Waals surface area (Å²) in [6.07, 6.45) is 2.74. The first-order valence-electron chi connectivity index (χ1n) is 4.05. The summed E-state index contributed by atoms with van der Waals surface area (Å²) in [5.74, 6) is 0.594. The minimum Gasteiger partial charge on any atom is -0.487 e. The smallest absolute Gasteiger partial charge is 0.191 e. The largest absolute Gasteiger partial charge is 0.487 e. The van der Waals surface area contributed by atoms with Crippen LogP contribution in [0.1, 0.15) is 0 Å². The van der Waals surface area contributed by atoms with Crippen molar-refractivity contribution in [2.24, 2.45) is 0 Å². The zero-order valence-corrected chi connectivity index (χ0v) is 8.82. The van der Waals surface area contributed by atoms with Crippen LogP contribution < -0.4 is 4.74 Å². The molecule has 0 aliphatic carbocycles. The summed E-state index contributed by atoms with van der Waals surface area (Å²) in [5.41, 5.74) is 0. The van der Waals surface area contributed by atoms with Crippen molar-refractivity contribution in [2.75, 3.05) is 20.8 Å². The second-order valence-corrected chi connectivity index (χ2v) is 2.99. The number of hydrogen-bond acceptors (Lipinski definition) is 4. The SMILES string of the molecule is COC(COc1cncc(Cl)c1)OC. The first-order valence-corrected chi connectivity index (χ1v) is 4.43. The molecule has 0 unspecified atom stereocenters. The van der Waals surface area contributed by atoms with E-state index in [1.54, 1.807) is 32.7 Å². The van der Waals surface area contributed by atoms with Gasteiger partial charge in [-0.1, -0.05) is 11.6 Å². The second kappa shape index (κ2) is 5.80. The van der Waals surface area contributed by atoms with E-state index in [0.29, 0.717) is 17.4 Å². The summed E-state index contributed by atoms with van der Waals surface area (Å²) >= 11 is 5.72. The summed E-state index contributed by atoms with van der Waals surface area (Å²) in [6.45, 7) is 0.301. The maximum Gasteiger partial charge on any atom is 0.191 e. The van der Waals surface area contributed by atoms with Gasteiger partial charge in [0.1, 0.15) is 12.4 Å². The molecule has 0 amide bonds. The highest BCUT2D eigenvalue weighted by atomic mass is 35.5. The Labute approximate surface area is 87.8 Å². The van der Waals surface area contributed by atoms with E-state index in [2.05, 4.69) is 4.98 Å². The Kier molecular flexibility index (Phi) is 4.65. The Morgan fingerprint density at radius 1 is 1.36 bits per heavy atom. The van der Waals surface area contributed by atoms with E-state index in [4.69, 9.17) is 25.8 Å². The van der Waals surface area contributed by atoms with Crippen LogP contribution in [-0.2, 0) is 9.47 Å². The third kappa shape index (κ3) is 3.49. The number of hydrogen-bond donors (Lipinski definition) is 0. The van der Waals surface area contributed by atoms with Crippen LogP contribution in [0.4, 0.5) is 0 Å². The van der Waals surface area contributed by atoms with Gasteiger partial charge < -0.3 is 14.2 Å². The molecule has 0 spiro atoms. The molecule has 1 rings (SSSR count). The van der Waals surface area contributed by atoms with Crippen LogP contribution in [0.5, 0.6) is 5.75 Å². The molecule has 78 valence electrons. The van der Waals surface area contributed by atoms with Crippen LogP contribution in [0.2, 0.25) is 5.02 Å². The number of aromatic nitrogens is 1. The van der Waals surface area contributed by atoms with Gasteiger partial charge in [0.25, 0.3) is 0 Å². The zero-order chi connectivity index (χ0) is 10.4. The van der Waals surface area contributed by atoms with E-state index in [1.165, 1.54) is 0 Å². The minimum atomic E-state index is -0.381. The number of methoxy groups -OCH3 is 2. The summed E-state index contributed by atoms with van der Waals surface area (Å²) < 4.78 is 15.2. The predicted molar refractivity (Wildman–Crippen MR) is 52.5 cm³/mol. The number of nitrogens with zero attached hydrogens (tertiary/aromatic N) is 1. The minimum absolute atomic E-state index is 0.301. The Hall–Kier alpha value is -0.840. The maximum atomic E-state index is 5.72. The number of rotatable bonds is 5. The lowest BCUT2D eigenvalue weighted by Crippen LogP contribution is -2.22. The van der Waals surface area contributed by atoms with Gasteiger partial charge in [-0.05, 0) is 0 Å². The molecule has 0 aromatic carbocycles. The predicted octanol–water partition coefficient (Wildman–Crippen LogP) is 1.73. The Bertz CT molecular complexity index is 279. The number of pyridine rings is 1. The van der Waals surface area contributed by atoms with E-state index in [1.807, 2.05) is 0 Å². The quantitative estimate of drug-likeness (QED) is 0.705. The van der Waals surface area contributed by atoms with Gasteiger partial charge in [-0.15, -0.1) is 0 Å². The fourth-order valence-electron chi connectivity index (χ4n) is 0.868. The second-order valence-electron chi connectivity index (χ2n) is 2.55. The van der Waals surface area contributed by atoms with Crippen LogP contribution in [-0.4, -0.2) is 32.1 Å². The van der Waals surface area contributed by atoms with Crippen molar-refractivity contribution in [1.82, 2.24) is 4.98 Å². The summed E-state index contributed by atoms with van der Waals surface area (Å²) in [4.78, 5) is 3.88.